The molecular weight excluding hydrogens is 278 g/mol. The Balaban J connectivity index is 1.86. The Hall–Kier alpha value is -2.49. The minimum Gasteiger partial charge on any atom is -0.497 e. The van der Waals surface area contributed by atoms with Gasteiger partial charge in [0.15, 0.2) is 6.61 Å². The average Bonchev–Trinajstić information content (AvgIpc) is 2.59. The molecule has 22 heavy (non-hydrogen) atoms. The van der Waals surface area contributed by atoms with Gasteiger partial charge in [-0.25, -0.2) is 0 Å². The molecular formula is C18H21NO3. The zero-order chi connectivity index (χ0) is 15.8. The molecule has 1 unspecified atom stereocenters. The molecule has 0 aliphatic carbocycles. The van der Waals surface area contributed by atoms with Crippen molar-refractivity contribution in [1.82, 2.24) is 5.32 Å². The lowest BCUT2D eigenvalue weighted by atomic mass is 10.0. The summed E-state index contributed by atoms with van der Waals surface area (Å²) in [4.78, 5) is 12.0. The molecule has 0 radical (unpaired) electrons. The minimum absolute atomic E-state index is 0.00430. The Kier molecular flexibility index (Phi) is 5.83. The Bertz CT molecular complexity index is 581. The molecule has 0 aliphatic heterocycles. The lowest BCUT2D eigenvalue weighted by Crippen LogP contribution is -2.32. The normalized spacial score (nSPS) is 11.5. The number of hydrogen-bond acceptors (Lipinski definition) is 3. The third-order valence-corrected chi connectivity index (χ3v) is 3.37. The van der Waals surface area contributed by atoms with Crippen LogP contribution < -0.4 is 14.8 Å². The van der Waals surface area contributed by atoms with E-state index in [1.807, 2.05) is 37.3 Å². The van der Waals surface area contributed by atoms with E-state index >= 15 is 0 Å². The lowest BCUT2D eigenvalue weighted by molar-refractivity contribution is -0.123. The van der Waals surface area contributed by atoms with Gasteiger partial charge in [0.1, 0.15) is 11.5 Å². The zero-order valence-corrected chi connectivity index (χ0v) is 12.9. The van der Waals surface area contributed by atoms with Crippen LogP contribution in [0.3, 0.4) is 0 Å². The summed E-state index contributed by atoms with van der Waals surface area (Å²) >= 11 is 0. The van der Waals surface area contributed by atoms with Crippen LogP contribution >= 0.6 is 0 Å². The second kappa shape index (κ2) is 8.08. The van der Waals surface area contributed by atoms with Crippen LogP contribution in [0.5, 0.6) is 11.5 Å². The molecule has 116 valence electrons. The van der Waals surface area contributed by atoms with Crippen molar-refractivity contribution in [3.8, 4) is 11.5 Å². The van der Waals surface area contributed by atoms with E-state index in [0.717, 1.165) is 17.7 Å². The van der Waals surface area contributed by atoms with Gasteiger partial charge in [-0.2, -0.15) is 0 Å². The highest BCUT2D eigenvalue weighted by atomic mass is 16.5. The Labute approximate surface area is 131 Å². The van der Waals surface area contributed by atoms with Crippen LogP contribution in [0, 0.1) is 0 Å². The maximum Gasteiger partial charge on any atom is 0.258 e. The molecule has 1 atom stereocenters. The number of hydrogen-bond donors (Lipinski definition) is 1. The van der Waals surface area contributed by atoms with E-state index in [1.165, 1.54) is 0 Å². The van der Waals surface area contributed by atoms with Crippen LogP contribution in [-0.2, 0) is 4.79 Å². The standard InChI is InChI=1S/C18H21NO3/c1-3-17(14-7-5-4-6-8-14)19-18(20)13-22-16-11-9-15(21-2)10-12-16/h4-12,17H,3,13H2,1-2H3,(H,19,20). The number of nitrogens with one attached hydrogen (secondary N) is 1. The van der Waals surface area contributed by atoms with Crippen LogP contribution in [0.25, 0.3) is 0 Å². The summed E-state index contributed by atoms with van der Waals surface area (Å²) in [6.07, 6.45) is 0.832. The first-order valence-electron chi connectivity index (χ1n) is 7.34. The second-order valence-corrected chi connectivity index (χ2v) is 4.90. The molecule has 4 nitrogen and oxygen atoms in total. The first-order chi connectivity index (χ1) is 10.7. The molecule has 0 fully saturated rings. The summed E-state index contributed by atoms with van der Waals surface area (Å²) in [6.45, 7) is 2.04. The molecule has 2 aromatic rings. The van der Waals surface area contributed by atoms with Gasteiger partial charge in [0, 0.05) is 0 Å². The number of benzene rings is 2. The number of carbonyl (C=O) groups excluding carboxylic acids is 1. The van der Waals surface area contributed by atoms with Crippen molar-refractivity contribution in [2.45, 2.75) is 19.4 Å². The molecule has 0 saturated heterocycles. The molecule has 1 amide bonds. The van der Waals surface area contributed by atoms with E-state index in [2.05, 4.69) is 5.32 Å². The van der Waals surface area contributed by atoms with Crippen molar-refractivity contribution >= 4 is 5.91 Å². The van der Waals surface area contributed by atoms with E-state index < -0.39 is 0 Å². The van der Waals surface area contributed by atoms with Crippen molar-refractivity contribution in [3.63, 3.8) is 0 Å². The fraction of sp³-hybridized carbons (Fsp3) is 0.278. The van der Waals surface area contributed by atoms with Gasteiger partial charge in [-0.15, -0.1) is 0 Å². The number of rotatable bonds is 7. The summed E-state index contributed by atoms with van der Waals surface area (Å²) in [5, 5.41) is 2.99. The van der Waals surface area contributed by atoms with Crippen molar-refractivity contribution in [2.75, 3.05) is 13.7 Å². The van der Waals surface area contributed by atoms with Crippen molar-refractivity contribution < 1.29 is 14.3 Å². The van der Waals surface area contributed by atoms with Gasteiger partial charge in [-0.1, -0.05) is 37.3 Å². The van der Waals surface area contributed by atoms with Gasteiger partial charge in [-0.3, -0.25) is 4.79 Å². The molecule has 0 aromatic heterocycles. The van der Waals surface area contributed by atoms with Crippen molar-refractivity contribution in [3.05, 3.63) is 60.2 Å². The molecule has 0 aliphatic rings. The fourth-order valence-electron chi connectivity index (χ4n) is 2.16. The highest BCUT2D eigenvalue weighted by Crippen LogP contribution is 2.18. The van der Waals surface area contributed by atoms with Crippen LogP contribution in [0.2, 0.25) is 0 Å². The highest BCUT2D eigenvalue weighted by molar-refractivity contribution is 5.78. The highest BCUT2D eigenvalue weighted by Gasteiger charge is 2.12. The predicted molar refractivity (Wildman–Crippen MR) is 86.1 cm³/mol. The number of ether oxygens (including phenoxy) is 2. The molecule has 2 aromatic carbocycles. The first kappa shape index (κ1) is 15.9. The van der Waals surface area contributed by atoms with Gasteiger partial charge < -0.3 is 14.8 Å². The van der Waals surface area contributed by atoms with E-state index in [1.54, 1.807) is 31.4 Å². The van der Waals surface area contributed by atoms with E-state index in [0.29, 0.717) is 5.75 Å². The molecule has 1 N–H and O–H groups in total. The van der Waals surface area contributed by atoms with Crippen molar-refractivity contribution in [2.24, 2.45) is 0 Å². The fourth-order valence-corrected chi connectivity index (χ4v) is 2.16. The van der Waals surface area contributed by atoms with Crippen molar-refractivity contribution in [1.29, 1.82) is 0 Å². The van der Waals surface area contributed by atoms with Gasteiger partial charge in [-0.05, 0) is 36.2 Å². The summed E-state index contributed by atoms with van der Waals surface area (Å²) in [5.74, 6) is 1.27. The summed E-state index contributed by atoms with van der Waals surface area (Å²) < 4.78 is 10.6. The molecule has 0 saturated carbocycles. The molecule has 0 spiro atoms. The number of carbonyl (C=O) groups is 1. The van der Waals surface area contributed by atoms with Crippen LogP contribution in [0.1, 0.15) is 24.9 Å². The lowest BCUT2D eigenvalue weighted by Gasteiger charge is -2.17. The van der Waals surface area contributed by atoms with Crippen LogP contribution in [-0.4, -0.2) is 19.6 Å². The average molecular weight is 299 g/mol. The SMILES string of the molecule is CCC(NC(=O)COc1ccc(OC)cc1)c1ccccc1. The summed E-state index contributed by atoms with van der Waals surface area (Å²) in [5.41, 5.74) is 1.10. The molecule has 4 heteroatoms. The predicted octanol–water partition coefficient (Wildman–Crippen LogP) is 3.34. The van der Waals surface area contributed by atoms with Crippen LogP contribution in [0.15, 0.2) is 54.6 Å². The van der Waals surface area contributed by atoms with E-state index in [-0.39, 0.29) is 18.6 Å². The van der Waals surface area contributed by atoms with Gasteiger partial charge in [0.2, 0.25) is 0 Å². The van der Waals surface area contributed by atoms with E-state index in [9.17, 15) is 4.79 Å². The van der Waals surface area contributed by atoms with E-state index in [4.69, 9.17) is 9.47 Å². The maximum atomic E-state index is 12.0. The Morgan fingerprint density at radius 2 is 1.68 bits per heavy atom. The van der Waals surface area contributed by atoms with Crippen LogP contribution in [0.4, 0.5) is 0 Å². The largest absolute Gasteiger partial charge is 0.497 e. The third kappa shape index (κ3) is 4.52. The maximum absolute atomic E-state index is 12.0. The monoisotopic (exact) mass is 299 g/mol. The third-order valence-electron chi connectivity index (χ3n) is 3.37. The minimum atomic E-state index is -0.133. The van der Waals surface area contributed by atoms with Gasteiger partial charge in [0.05, 0.1) is 13.2 Å². The topological polar surface area (TPSA) is 47.6 Å². The number of methoxy groups -OCH3 is 1. The smallest absolute Gasteiger partial charge is 0.258 e. The van der Waals surface area contributed by atoms with Gasteiger partial charge in [0.25, 0.3) is 5.91 Å². The molecule has 2 rings (SSSR count). The zero-order valence-electron chi connectivity index (χ0n) is 12.9. The summed E-state index contributed by atoms with van der Waals surface area (Å²) in [6, 6.07) is 17.1. The Morgan fingerprint density at radius 3 is 2.27 bits per heavy atom. The second-order valence-electron chi connectivity index (χ2n) is 4.90. The Morgan fingerprint density at radius 1 is 1.05 bits per heavy atom. The molecule has 0 heterocycles. The first-order valence-corrected chi connectivity index (χ1v) is 7.34. The van der Waals surface area contributed by atoms with Gasteiger partial charge >= 0.3 is 0 Å². The molecule has 0 bridgehead atoms. The summed E-state index contributed by atoms with van der Waals surface area (Å²) in [7, 11) is 1.61. The number of amides is 1. The quantitative estimate of drug-likeness (QED) is 0.853.